The molecule has 0 spiro atoms. The molecular formula is C19H23FN4O2S. The van der Waals surface area contributed by atoms with Gasteiger partial charge in [0.25, 0.3) is 5.56 Å². The van der Waals surface area contributed by atoms with Crippen LogP contribution in [0.3, 0.4) is 0 Å². The number of nitrogens with one attached hydrogen (secondary N) is 2. The molecule has 2 heterocycles. The summed E-state index contributed by atoms with van der Waals surface area (Å²) < 4.78 is 13.0. The third-order valence-electron chi connectivity index (χ3n) is 4.16. The van der Waals surface area contributed by atoms with Crippen molar-refractivity contribution in [3.8, 4) is 16.5 Å². The van der Waals surface area contributed by atoms with Gasteiger partial charge in [0.05, 0.1) is 5.54 Å². The van der Waals surface area contributed by atoms with Crippen LogP contribution in [-0.4, -0.2) is 27.1 Å². The highest BCUT2D eigenvalue weighted by Gasteiger charge is 2.25. The Kier molecular flexibility index (Phi) is 6.12. The lowest BCUT2D eigenvalue weighted by molar-refractivity contribution is 0.407. The van der Waals surface area contributed by atoms with E-state index in [-0.39, 0.29) is 18.9 Å². The SMILES string of the molecule is C.CNC(C)(C)c1nc(-c2ncc(Cc3ccc(F)cc3)s2)c(O)c(=O)[nH]1. The van der Waals surface area contributed by atoms with Crippen LogP contribution in [0.2, 0.25) is 0 Å². The summed E-state index contributed by atoms with van der Waals surface area (Å²) in [5.74, 6) is -0.326. The molecule has 0 radical (unpaired) electrons. The Morgan fingerprint density at radius 2 is 1.96 bits per heavy atom. The second-order valence-electron chi connectivity index (χ2n) is 6.42. The van der Waals surface area contributed by atoms with Gasteiger partial charge in [-0.2, -0.15) is 0 Å². The summed E-state index contributed by atoms with van der Waals surface area (Å²) in [5, 5.41) is 13.7. The topological polar surface area (TPSA) is 90.9 Å². The summed E-state index contributed by atoms with van der Waals surface area (Å²) in [6.45, 7) is 3.74. The number of aromatic amines is 1. The quantitative estimate of drug-likeness (QED) is 0.621. The van der Waals surface area contributed by atoms with E-state index in [2.05, 4.69) is 20.3 Å². The number of hydrogen-bond acceptors (Lipinski definition) is 6. The standard InChI is InChI=1S/C18H19FN4O2S.CH4/c1-18(2,20-3)17-22-13(14(24)15(25)23-17)16-21-9-12(26-16)8-10-4-6-11(19)7-5-10;/h4-7,9,20,24H,8H2,1-3H3,(H,22,23,25);1H4. The second-order valence-corrected chi connectivity index (χ2v) is 7.54. The van der Waals surface area contributed by atoms with Crippen LogP contribution in [0.1, 0.15) is 37.5 Å². The van der Waals surface area contributed by atoms with Crippen molar-refractivity contribution in [2.24, 2.45) is 0 Å². The van der Waals surface area contributed by atoms with Gasteiger partial charge in [-0.1, -0.05) is 19.6 Å². The van der Waals surface area contributed by atoms with Crippen molar-refractivity contribution in [1.29, 1.82) is 0 Å². The van der Waals surface area contributed by atoms with Crippen LogP contribution in [0.15, 0.2) is 35.3 Å². The van der Waals surface area contributed by atoms with Gasteiger partial charge in [-0.25, -0.2) is 14.4 Å². The Morgan fingerprint density at radius 1 is 1.30 bits per heavy atom. The Morgan fingerprint density at radius 3 is 2.59 bits per heavy atom. The number of hydrogen-bond donors (Lipinski definition) is 3. The largest absolute Gasteiger partial charge is 0.501 e. The van der Waals surface area contributed by atoms with E-state index >= 15 is 0 Å². The molecule has 0 amide bonds. The summed E-state index contributed by atoms with van der Waals surface area (Å²) >= 11 is 1.33. The number of rotatable bonds is 5. The molecule has 0 atom stereocenters. The molecule has 0 aliphatic rings. The van der Waals surface area contributed by atoms with Crippen molar-refractivity contribution in [1.82, 2.24) is 20.3 Å². The molecule has 27 heavy (non-hydrogen) atoms. The van der Waals surface area contributed by atoms with Crippen molar-refractivity contribution < 1.29 is 9.50 Å². The van der Waals surface area contributed by atoms with Crippen LogP contribution in [0.5, 0.6) is 5.75 Å². The van der Waals surface area contributed by atoms with Crippen LogP contribution in [0, 0.1) is 5.82 Å². The first-order valence-corrected chi connectivity index (χ1v) is 8.84. The summed E-state index contributed by atoms with van der Waals surface area (Å²) in [7, 11) is 1.76. The van der Waals surface area contributed by atoms with Gasteiger partial charge in [-0.3, -0.25) is 4.79 Å². The van der Waals surface area contributed by atoms with Crippen LogP contribution in [0.4, 0.5) is 4.39 Å². The molecule has 0 fully saturated rings. The van der Waals surface area contributed by atoms with E-state index < -0.39 is 16.8 Å². The molecule has 1 aromatic carbocycles. The Bertz CT molecular complexity index is 980. The number of aromatic hydroxyl groups is 1. The minimum absolute atomic E-state index is 0. The van der Waals surface area contributed by atoms with Gasteiger partial charge in [0.15, 0.2) is 0 Å². The van der Waals surface area contributed by atoms with E-state index in [0.717, 1.165) is 10.4 Å². The van der Waals surface area contributed by atoms with Gasteiger partial charge in [0, 0.05) is 17.5 Å². The first-order valence-electron chi connectivity index (χ1n) is 8.02. The molecule has 144 valence electrons. The molecule has 0 saturated carbocycles. The predicted octanol–water partition coefficient (Wildman–Crippen LogP) is 3.42. The smallest absolute Gasteiger partial charge is 0.293 e. The molecule has 3 rings (SSSR count). The fourth-order valence-electron chi connectivity index (χ4n) is 2.33. The van der Waals surface area contributed by atoms with E-state index in [4.69, 9.17) is 0 Å². The number of thiazole rings is 1. The lowest BCUT2D eigenvalue weighted by Gasteiger charge is -2.23. The zero-order valence-electron chi connectivity index (χ0n) is 14.6. The number of H-pyrrole nitrogens is 1. The van der Waals surface area contributed by atoms with Crippen LogP contribution < -0.4 is 10.9 Å². The summed E-state index contributed by atoms with van der Waals surface area (Å²) in [4.78, 5) is 24.3. The lowest BCUT2D eigenvalue weighted by atomic mass is 10.1. The first-order chi connectivity index (χ1) is 12.3. The molecule has 0 bridgehead atoms. The van der Waals surface area contributed by atoms with Gasteiger partial charge in [0.2, 0.25) is 5.75 Å². The van der Waals surface area contributed by atoms with Crippen LogP contribution in [-0.2, 0) is 12.0 Å². The molecule has 0 unspecified atom stereocenters. The highest BCUT2D eigenvalue weighted by Crippen LogP contribution is 2.30. The maximum atomic E-state index is 13.0. The Labute approximate surface area is 161 Å². The normalized spacial score (nSPS) is 11.3. The first kappa shape index (κ1) is 20.7. The van der Waals surface area contributed by atoms with Crippen molar-refractivity contribution in [2.75, 3.05) is 7.05 Å². The van der Waals surface area contributed by atoms with Gasteiger partial charge in [-0.05, 0) is 38.6 Å². The average molecular weight is 390 g/mol. The van der Waals surface area contributed by atoms with Gasteiger partial charge in [0.1, 0.15) is 22.3 Å². The van der Waals surface area contributed by atoms with E-state index in [9.17, 15) is 14.3 Å². The minimum atomic E-state index is -0.608. The number of aromatic nitrogens is 3. The van der Waals surface area contributed by atoms with E-state index in [1.165, 1.54) is 23.5 Å². The Hall–Kier alpha value is -2.58. The molecule has 3 aromatic rings. The summed E-state index contributed by atoms with van der Waals surface area (Å²) in [6.07, 6.45) is 2.26. The maximum absolute atomic E-state index is 13.0. The molecule has 3 N–H and O–H groups in total. The predicted molar refractivity (Wildman–Crippen MR) is 106 cm³/mol. The third kappa shape index (κ3) is 4.40. The van der Waals surface area contributed by atoms with Crippen LogP contribution in [0.25, 0.3) is 10.7 Å². The van der Waals surface area contributed by atoms with Crippen LogP contribution >= 0.6 is 11.3 Å². The molecule has 8 heteroatoms. The molecule has 6 nitrogen and oxygen atoms in total. The number of nitrogens with zero attached hydrogens (tertiary/aromatic N) is 2. The average Bonchev–Trinajstić information content (AvgIpc) is 3.07. The van der Waals surface area contributed by atoms with Gasteiger partial charge in [-0.15, -0.1) is 11.3 Å². The van der Waals surface area contributed by atoms with Gasteiger partial charge < -0.3 is 15.4 Å². The highest BCUT2D eigenvalue weighted by molar-refractivity contribution is 7.15. The highest BCUT2D eigenvalue weighted by atomic mass is 32.1. The van der Waals surface area contributed by atoms with Crippen molar-refractivity contribution in [3.63, 3.8) is 0 Å². The van der Waals surface area contributed by atoms with E-state index in [1.54, 1.807) is 25.4 Å². The zero-order valence-corrected chi connectivity index (χ0v) is 15.4. The third-order valence-corrected chi connectivity index (χ3v) is 5.16. The second kappa shape index (κ2) is 7.98. The summed E-state index contributed by atoms with van der Waals surface area (Å²) in [6, 6.07) is 6.25. The number of halogens is 1. The number of benzene rings is 1. The molecule has 0 aliphatic carbocycles. The Balaban J connectivity index is 0.00000261. The summed E-state index contributed by atoms with van der Waals surface area (Å²) in [5.41, 5.74) is -0.0803. The fraction of sp³-hybridized carbons (Fsp3) is 0.316. The monoisotopic (exact) mass is 390 g/mol. The van der Waals surface area contributed by atoms with Crippen molar-refractivity contribution in [3.05, 3.63) is 62.9 Å². The fourth-order valence-corrected chi connectivity index (χ4v) is 3.27. The molecule has 0 saturated heterocycles. The zero-order chi connectivity index (χ0) is 18.9. The van der Waals surface area contributed by atoms with Gasteiger partial charge >= 0.3 is 0 Å². The van der Waals surface area contributed by atoms with Crippen molar-refractivity contribution >= 4 is 11.3 Å². The molecule has 0 aliphatic heterocycles. The van der Waals surface area contributed by atoms with Crippen molar-refractivity contribution in [2.45, 2.75) is 33.2 Å². The maximum Gasteiger partial charge on any atom is 0.293 e. The van der Waals surface area contributed by atoms with E-state index in [1.807, 2.05) is 13.8 Å². The molecular weight excluding hydrogens is 367 g/mol. The molecule has 2 aromatic heterocycles. The van der Waals surface area contributed by atoms with E-state index in [0.29, 0.717) is 17.3 Å². The lowest BCUT2D eigenvalue weighted by Crippen LogP contribution is -2.37. The minimum Gasteiger partial charge on any atom is -0.501 e.